The molecule has 1 aliphatic rings. The predicted molar refractivity (Wildman–Crippen MR) is 74.2 cm³/mol. The monoisotopic (exact) mass is 231 g/mol. The van der Waals surface area contributed by atoms with E-state index in [0.717, 1.165) is 5.92 Å². The molecule has 0 bridgehead atoms. The van der Waals surface area contributed by atoms with Crippen LogP contribution in [-0.4, -0.2) is 13.1 Å². The number of unbranched alkanes of at least 4 members (excludes halogenated alkanes) is 1. The van der Waals surface area contributed by atoms with Crippen molar-refractivity contribution in [1.29, 1.82) is 0 Å². The van der Waals surface area contributed by atoms with E-state index >= 15 is 0 Å². The van der Waals surface area contributed by atoms with Crippen LogP contribution in [0.1, 0.15) is 44.1 Å². The third-order valence-corrected chi connectivity index (χ3v) is 3.57. The van der Waals surface area contributed by atoms with Gasteiger partial charge in [0.25, 0.3) is 0 Å². The lowest BCUT2D eigenvalue weighted by atomic mass is 10.1. The minimum Gasteiger partial charge on any atom is -0.317 e. The fourth-order valence-electron chi connectivity index (χ4n) is 2.27. The van der Waals surface area contributed by atoms with Gasteiger partial charge in [-0.3, -0.25) is 0 Å². The van der Waals surface area contributed by atoms with Crippen LogP contribution < -0.4 is 5.32 Å². The smallest absolute Gasteiger partial charge is 0.00488 e. The zero-order valence-corrected chi connectivity index (χ0v) is 10.8. The molecule has 1 saturated carbocycles. The van der Waals surface area contributed by atoms with Crippen LogP contribution in [0.5, 0.6) is 0 Å². The molecular weight excluding hydrogens is 206 g/mol. The first-order chi connectivity index (χ1) is 8.45. The second-order valence-corrected chi connectivity index (χ2v) is 5.28. The summed E-state index contributed by atoms with van der Waals surface area (Å²) in [6.45, 7) is 2.42. The number of rotatable bonds is 9. The molecular formula is C16H25N. The topological polar surface area (TPSA) is 12.0 Å². The van der Waals surface area contributed by atoms with Gasteiger partial charge in [0.05, 0.1) is 0 Å². The van der Waals surface area contributed by atoms with Crippen molar-refractivity contribution in [3.63, 3.8) is 0 Å². The fraction of sp³-hybridized carbons (Fsp3) is 0.625. The molecule has 0 amide bonds. The summed E-state index contributed by atoms with van der Waals surface area (Å²) in [5.74, 6) is 1.09. The third kappa shape index (κ3) is 5.88. The van der Waals surface area contributed by atoms with Crippen molar-refractivity contribution in [2.75, 3.05) is 13.1 Å². The molecule has 1 aromatic rings. The zero-order valence-electron chi connectivity index (χ0n) is 10.8. The van der Waals surface area contributed by atoms with Crippen LogP contribution in [0.25, 0.3) is 0 Å². The highest BCUT2D eigenvalue weighted by molar-refractivity contribution is 5.14. The highest BCUT2D eigenvalue weighted by Crippen LogP contribution is 2.33. The standard InChI is InChI=1S/C16H25N/c1-2-7-15(8-3-1)9-4-5-13-17-14-6-10-16-11-12-16/h1-3,7-8,16-17H,4-6,9-14H2. The van der Waals surface area contributed by atoms with Crippen LogP contribution in [0.3, 0.4) is 0 Å². The van der Waals surface area contributed by atoms with Crippen molar-refractivity contribution in [2.45, 2.75) is 44.9 Å². The number of aryl methyl sites for hydroxylation is 1. The van der Waals surface area contributed by atoms with Gasteiger partial charge in [0.15, 0.2) is 0 Å². The average molecular weight is 231 g/mol. The first kappa shape index (κ1) is 12.6. The lowest BCUT2D eigenvalue weighted by Gasteiger charge is -2.04. The predicted octanol–water partition coefficient (Wildman–Crippen LogP) is 3.79. The molecule has 0 saturated heterocycles. The Balaban J connectivity index is 1.38. The number of benzene rings is 1. The molecule has 0 unspecified atom stereocenters. The van der Waals surface area contributed by atoms with Gasteiger partial charge in [0.2, 0.25) is 0 Å². The van der Waals surface area contributed by atoms with E-state index in [-0.39, 0.29) is 0 Å². The summed E-state index contributed by atoms with van der Waals surface area (Å²) in [7, 11) is 0. The Hall–Kier alpha value is -0.820. The molecule has 94 valence electrons. The third-order valence-electron chi connectivity index (χ3n) is 3.57. The van der Waals surface area contributed by atoms with Crippen LogP contribution in [0, 0.1) is 5.92 Å². The maximum atomic E-state index is 3.55. The van der Waals surface area contributed by atoms with E-state index in [9.17, 15) is 0 Å². The molecule has 0 spiro atoms. The summed E-state index contributed by atoms with van der Waals surface area (Å²) >= 11 is 0. The van der Waals surface area contributed by atoms with E-state index < -0.39 is 0 Å². The molecule has 2 rings (SSSR count). The van der Waals surface area contributed by atoms with Crippen molar-refractivity contribution >= 4 is 0 Å². The first-order valence-corrected chi connectivity index (χ1v) is 7.20. The lowest BCUT2D eigenvalue weighted by molar-refractivity contribution is 0.571. The minimum absolute atomic E-state index is 1.09. The Kier molecular flexibility index (Phi) is 5.57. The highest BCUT2D eigenvalue weighted by atomic mass is 14.8. The summed E-state index contributed by atoms with van der Waals surface area (Å²) in [6, 6.07) is 10.8. The Morgan fingerprint density at radius 3 is 2.47 bits per heavy atom. The number of hydrogen-bond acceptors (Lipinski definition) is 1. The highest BCUT2D eigenvalue weighted by Gasteiger charge is 2.19. The minimum atomic E-state index is 1.09. The van der Waals surface area contributed by atoms with E-state index in [1.54, 1.807) is 0 Å². The maximum absolute atomic E-state index is 3.55. The van der Waals surface area contributed by atoms with Crippen molar-refractivity contribution in [3.05, 3.63) is 35.9 Å². The molecule has 1 aliphatic carbocycles. The molecule has 1 fully saturated rings. The molecule has 0 radical (unpaired) electrons. The van der Waals surface area contributed by atoms with E-state index in [2.05, 4.69) is 35.6 Å². The van der Waals surface area contributed by atoms with Gasteiger partial charge in [0.1, 0.15) is 0 Å². The van der Waals surface area contributed by atoms with Crippen molar-refractivity contribution < 1.29 is 0 Å². The summed E-state index contributed by atoms with van der Waals surface area (Å²) < 4.78 is 0. The summed E-state index contributed by atoms with van der Waals surface area (Å²) in [5, 5.41) is 3.55. The van der Waals surface area contributed by atoms with E-state index in [1.807, 2.05) is 0 Å². The van der Waals surface area contributed by atoms with E-state index in [1.165, 1.54) is 63.6 Å². The molecule has 0 aromatic heterocycles. The van der Waals surface area contributed by atoms with E-state index in [0.29, 0.717) is 0 Å². The summed E-state index contributed by atoms with van der Waals surface area (Å²) in [5.41, 5.74) is 1.47. The van der Waals surface area contributed by atoms with Gasteiger partial charge < -0.3 is 5.32 Å². The van der Waals surface area contributed by atoms with Gasteiger partial charge in [-0.25, -0.2) is 0 Å². The summed E-state index contributed by atoms with van der Waals surface area (Å²) in [4.78, 5) is 0. The second-order valence-electron chi connectivity index (χ2n) is 5.28. The number of hydrogen-bond donors (Lipinski definition) is 1. The van der Waals surface area contributed by atoms with Crippen molar-refractivity contribution in [2.24, 2.45) is 5.92 Å². The average Bonchev–Trinajstić information content (AvgIpc) is 3.18. The lowest BCUT2D eigenvalue weighted by Crippen LogP contribution is -2.16. The van der Waals surface area contributed by atoms with Gasteiger partial charge in [-0.1, -0.05) is 43.2 Å². The Morgan fingerprint density at radius 1 is 0.941 bits per heavy atom. The van der Waals surface area contributed by atoms with Gasteiger partial charge in [-0.2, -0.15) is 0 Å². The van der Waals surface area contributed by atoms with Crippen molar-refractivity contribution in [1.82, 2.24) is 5.32 Å². The van der Waals surface area contributed by atoms with E-state index in [4.69, 9.17) is 0 Å². The molecule has 0 atom stereocenters. The molecule has 17 heavy (non-hydrogen) atoms. The van der Waals surface area contributed by atoms with Crippen LogP contribution in [0.15, 0.2) is 30.3 Å². The Morgan fingerprint density at radius 2 is 1.71 bits per heavy atom. The summed E-state index contributed by atoms with van der Waals surface area (Å²) in [6.07, 6.45) is 9.66. The Labute approximate surface area is 106 Å². The molecule has 0 aliphatic heterocycles. The van der Waals surface area contributed by atoms with Crippen LogP contribution >= 0.6 is 0 Å². The van der Waals surface area contributed by atoms with Gasteiger partial charge >= 0.3 is 0 Å². The van der Waals surface area contributed by atoms with Crippen LogP contribution in [0.4, 0.5) is 0 Å². The molecule has 1 N–H and O–H groups in total. The quantitative estimate of drug-likeness (QED) is 0.638. The normalized spacial score (nSPS) is 15.1. The molecule has 1 nitrogen and oxygen atoms in total. The van der Waals surface area contributed by atoms with Crippen LogP contribution in [0.2, 0.25) is 0 Å². The molecule has 1 aromatic carbocycles. The Bertz CT molecular complexity index is 290. The van der Waals surface area contributed by atoms with Crippen LogP contribution in [-0.2, 0) is 6.42 Å². The zero-order chi connectivity index (χ0) is 11.8. The first-order valence-electron chi connectivity index (χ1n) is 7.20. The van der Waals surface area contributed by atoms with Gasteiger partial charge in [-0.05, 0) is 56.7 Å². The number of nitrogens with one attached hydrogen (secondary N) is 1. The molecule has 1 heteroatoms. The fourth-order valence-corrected chi connectivity index (χ4v) is 2.27. The largest absolute Gasteiger partial charge is 0.317 e. The second kappa shape index (κ2) is 7.50. The van der Waals surface area contributed by atoms with Gasteiger partial charge in [0, 0.05) is 0 Å². The van der Waals surface area contributed by atoms with Crippen molar-refractivity contribution in [3.8, 4) is 0 Å². The maximum Gasteiger partial charge on any atom is -0.00488 e. The van der Waals surface area contributed by atoms with Gasteiger partial charge in [-0.15, -0.1) is 0 Å². The SMILES string of the molecule is c1ccc(CCCCNCCCC2CC2)cc1. The molecule has 0 heterocycles.